The number of hydrogen-bond donors (Lipinski definition) is 1. The lowest BCUT2D eigenvalue weighted by atomic mass is 10.1. The summed E-state index contributed by atoms with van der Waals surface area (Å²) in [5, 5.41) is 2.84. The number of ether oxygens (including phenoxy) is 2. The minimum Gasteiger partial charge on any atom is -0.790 e. The molecule has 1 amide bonds. The Hall–Kier alpha value is -2.64. The SMILES string of the molecule is CCCCCCCC/C=C\CCCCCCCC(=O)N[C@H](COP(=O)([O-])[O-])Cc1ccc(OCc2cccc(OC)c2)cc1. The molecule has 0 bridgehead atoms. The van der Waals surface area contributed by atoms with E-state index >= 15 is 0 Å². The zero-order valence-electron chi connectivity index (χ0n) is 26.7. The average Bonchev–Trinajstić information content (AvgIpc) is 3.01. The van der Waals surface area contributed by atoms with Gasteiger partial charge in [-0.1, -0.05) is 94.7 Å². The van der Waals surface area contributed by atoms with E-state index in [9.17, 15) is 19.1 Å². The summed E-state index contributed by atoms with van der Waals surface area (Å²) in [7, 11) is -3.54. The molecule has 9 heteroatoms. The molecule has 8 nitrogen and oxygen atoms in total. The Morgan fingerprint density at radius 3 is 2.11 bits per heavy atom. The fourth-order valence-corrected chi connectivity index (χ4v) is 5.29. The van der Waals surface area contributed by atoms with E-state index in [-0.39, 0.29) is 5.91 Å². The number of phosphoric acid groups is 1. The van der Waals surface area contributed by atoms with Gasteiger partial charge in [-0.2, -0.15) is 0 Å². The number of amides is 1. The molecule has 2 aromatic carbocycles. The molecule has 1 N–H and O–H groups in total. The smallest absolute Gasteiger partial charge is 0.220 e. The van der Waals surface area contributed by atoms with Crippen LogP contribution in [0.15, 0.2) is 60.7 Å². The number of carbonyl (C=O) groups excluding carboxylic acids is 1. The van der Waals surface area contributed by atoms with Gasteiger partial charge in [0.15, 0.2) is 0 Å². The standard InChI is InChI=1S/C35H54NO7P/c1-3-4-5-6-7-8-9-10-11-12-13-14-15-16-17-21-35(37)36-32(29-43-44(38,39)40)26-30-22-24-33(25-23-30)42-28-31-19-18-20-34(27-31)41-2/h10-11,18-20,22-25,27,32H,3-9,12-17,21,26,28-29H2,1-2H3,(H,36,37)(H2,38,39,40)/p-2/b11-10-/t32-/m0/s1. The van der Waals surface area contributed by atoms with Crippen molar-refractivity contribution in [3.8, 4) is 11.5 Å². The first-order chi connectivity index (χ1) is 21.3. The van der Waals surface area contributed by atoms with E-state index in [1.165, 1.54) is 44.9 Å². The van der Waals surface area contributed by atoms with Crippen LogP contribution in [0.4, 0.5) is 0 Å². The molecule has 0 aromatic heterocycles. The molecule has 0 radical (unpaired) electrons. The second-order valence-corrected chi connectivity index (χ2v) is 12.5. The Labute approximate surface area is 264 Å². The third-order valence-corrected chi connectivity index (χ3v) is 7.87. The summed E-state index contributed by atoms with van der Waals surface area (Å²) in [4.78, 5) is 34.8. The zero-order valence-corrected chi connectivity index (χ0v) is 27.6. The second-order valence-electron chi connectivity index (χ2n) is 11.3. The first-order valence-electron chi connectivity index (χ1n) is 16.2. The molecule has 2 aromatic rings. The van der Waals surface area contributed by atoms with Gasteiger partial charge in [-0.3, -0.25) is 4.79 Å². The van der Waals surface area contributed by atoms with E-state index in [0.29, 0.717) is 25.2 Å². The summed E-state index contributed by atoms with van der Waals surface area (Å²) in [5.41, 5.74) is 1.82. The van der Waals surface area contributed by atoms with Crippen LogP contribution in [0.25, 0.3) is 0 Å². The minimum absolute atomic E-state index is 0.180. The number of benzene rings is 2. The van der Waals surface area contributed by atoms with Crippen LogP contribution in [-0.2, 0) is 26.9 Å². The van der Waals surface area contributed by atoms with Crippen molar-refractivity contribution >= 4 is 13.7 Å². The van der Waals surface area contributed by atoms with Crippen LogP contribution in [0.2, 0.25) is 0 Å². The van der Waals surface area contributed by atoms with Crippen molar-refractivity contribution in [2.24, 2.45) is 0 Å². The van der Waals surface area contributed by atoms with Crippen molar-refractivity contribution in [2.75, 3.05) is 13.7 Å². The molecular weight excluding hydrogens is 577 g/mol. The summed E-state index contributed by atoms with van der Waals surface area (Å²) >= 11 is 0. The largest absolute Gasteiger partial charge is 0.790 e. The number of rotatable bonds is 25. The van der Waals surface area contributed by atoms with Crippen LogP contribution in [0.5, 0.6) is 11.5 Å². The summed E-state index contributed by atoms with van der Waals surface area (Å²) in [6.07, 6.45) is 20.6. The van der Waals surface area contributed by atoms with Gasteiger partial charge in [0.2, 0.25) is 5.91 Å². The molecule has 0 saturated heterocycles. The number of unbranched alkanes of at least 4 members (excludes halogenated alkanes) is 11. The van der Waals surface area contributed by atoms with Gasteiger partial charge < -0.3 is 33.7 Å². The molecule has 0 saturated carbocycles. The van der Waals surface area contributed by atoms with Crippen molar-refractivity contribution in [2.45, 2.75) is 116 Å². The van der Waals surface area contributed by atoms with Crippen molar-refractivity contribution in [1.29, 1.82) is 0 Å². The summed E-state index contributed by atoms with van der Waals surface area (Å²) in [6, 6.07) is 14.3. The van der Waals surface area contributed by atoms with Crippen molar-refractivity contribution < 1.29 is 33.1 Å². The van der Waals surface area contributed by atoms with E-state index in [1.807, 2.05) is 48.5 Å². The quantitative estimate of drug-likeness (QED) is 0.0702. The van der Waals surface area contributed by atoms with E-state index in [0.717, 1.165) is 55.4 Å². The first-order valence-corrected chi connectivity index (χ1v) is 17.7. The van der Waals surface area contributed by atoms with E-state index in [1.54, 1.807) is 7.11 Å². The van der Waals surface area contributed by atoms with Crippen LogP contribution >= 0.6 is 7.82 Å². The van der Waals surface area contributed by atoms with Crippen molar-refractivity contribution in [3.05, 3.63) is 71.8 Å². The second kappa shape index (κ2) is 22.8. The third kappa shape index (κ3) is 18.9. The lowest BCUT2D eigenvalue weighted by Crippen LogP contribution is -2.40. The van der Waals surface area contributed by atoms with Crippen LogP contribution in [-0.4, -0.2) is 25.7 Å². The average molecular weight is 630 g/mol. The van der Waals surface area contributed by atoms with Crippen molar-refractivity contribution in [3.63, 3.8) is 0 Å². The number of carbonyl (C=O) groups is 1. The Morgan fingerprint density at radius 1 is 0.841 bits per heavy atom. The van der Waals surface area contributed by atoms with Gasteiger partial charge in [0.1, 0.15) is 18.1 Å². The number of hydrogen-bond acceptors (Lipinski definition) is 7. The highest BCUT2D eigenvalue weighted by atomic mass is 31.2. The summed E-state index contributed by atoms with van der Waals surface area (Å²) in [5.74, 6) is 1.25. The van der Waals surface area contributed by atoms with Crippen LogP contribution < -0.4 is 24.6 Å². The molecule has 0 aliphatic carbocycles. The highest BCUT2D eigenvalue weighted by Crippen LogP contribution is 2.25. The Kier molecular flexibility index (Phi) is 19.5. The van der Waals surface area contributed by atoms with Gasteiger partial charge in [-0.15, -0.1) is 0 Å². The number of allylic oxidation sites excluding steroid dienone is 2. The molecule has 0 fully saturated rings. The van der Waals surface area contributed by atoms with E-state index in [4.69, 9.17) is 9.47 Å². The lowest BCUT2D eigenvalue weighted by molar-refractivity contribution is -0.342. The number of methoxy groups -OCH3 is 1. The fourth-order valence-electron chi connectivity index (χ4n) is 4.92. The van der Waals surface area contributed by atoms with Crippen molar-refractivity contribution in [1.82, 2.24) is 5.32 Å². The molecule has 0 spiro atoms. The Morgan fingerprint density at radius 2 is 1.48 bits per heavy atom. The summed E-state index contributed by atoms with van der Waals surface area (Å²) < 4.78 is 26.7. The van der Waals surface area contributed by atoms with Crippen LogP contribution in [0.1, 0.15) is 108 Å². The summed E-state index contributed by atoms with van der Waals surface area (Å²) in [6.45, 7) is 2.21. The maximum Gasteiger partial charge on any atom is 0.220 e. The van der Waals surface area contributed by atoms with Gasteiger partial charge in [0.25, 0.3) is 0 Å². The molecule has 0 aliphatic heterocycles. The fraction of sp³-hybridized carbons (Fsp3) is 0.571. The van der Waals surface area contributed by atoms with Gasteiger partial charge in [-0.25, -0.2) is 0 Å². The predicted molar refractivity (Wildman–Crippen MR) is 172 cm³/mol. The molecule has 44 heavy (non-hydrogen) atoms. The Bertz CT molecular complexity index is 1120. The maximum atomic E-state index is 12.6. The van der Waals surface area contributed by atoms with Gasteiger partial charge in [0.05, 0.1) is 27.6 Å². The van der Waals surface area contributed by atoms with Gasteiger partial charge in [-0.05, 0) is 73.9 Å². The highest BCUT2D eigenvalue weighted by molar-refractivity contribution is 7.43. The molecular formula is C35H52NO7P-2. The van der Waals surface area contributed by atoms with E-state index in [2.05, 4.69) is 28.9 Å². The zero-order chi connectivity index (χ0) is 31.9. The molecule has 246 valence electrons. The Balaban J connectivity index is 1.66. The third-order valence-electron chi connectivity index (χ3n) is 7.41. The topological polar surface area (TPSA) is 120 Å². The lowest BCUT2D eigenvalue weighted by Gasteiger charge is -2.31. The normalized spacial score (nSPS) is 12.4. The van der Waals surface area contributed by atoms with Gasteiger partial charge >= 0.3 is 0 Å². The highest BCUT2D eigenvalue weighted by Gasteiger charge is 2.15. The molecule has 2 rings (SSSR count). The molecule has 0 aliphatic rings. The van der Waals surface area contributed by atoms with Gasteiger partial charge in [0, 0.05) is 6.42 Å². The molecule has 0 heterocycles. The first kappa shape index (κ1) is 37.5. The van der Waals surface area contributed by atoms with Crippen LogP contribution in [0.3, 0.4) is 0 Å². The molecule has 1 atom stereocenters. The monoisotopic (exact) mass is 629 g/mol. The minimum atomic E-state index is -5.16. The predicted octanol–water partition coefficient (Wildman–Crippen LogP) is 7.18. The number of nitrogens with one attached hydrogen (secondary N) is 1. The molecule has 0 unspecified atom stereocenters. The van der Waals surface area contributed by atoms with Crippen LogP contribution in [0, 0.1) is 0 Å². The number of phosphoric ester groups is 1. The van der Waals surface area contributed by atoms with E-state index < -0.39 is 20.5 Å². The maximum absolute atomic E-state index is 12.6.